The van der Waals surface area contributed by atoms with Crippen LogP contribution in [0, 0.1) is 0 Å². The van der Waals surface area contributed by atoms with Crippen LogP contribution < -0.4 is 16.0 Å². The van der Waals surface area contributed by atoms with Crippen molar-refractivity contribution in [2.75, 3.05) is 17.2 Å². The molecular weight excluding hydrogens is 375 g/mol. The summed E-state index contributed by atoms with van der Waals surface area (Å²) in [6.45, 7) is 4.33. The van der Waals surface area contributed by atoms with Crippen molar-refractivity contribution in [3.63, 3.8) is 0 Å². The number of anilines is 3. The third-order valence-corrected chi connectivity index (χ3v) is 3.99. The second kappa shape index (κ2) is 7.95. The molecule has 3 heterocycles. The molecule has 3 N–H and O–H groups in total. The molecule has 1 atom stereocenters. The van der Waals surface area contributed by atoms with Crippen LogP contribution in [0.4, 0.5) is 30.8 Å². The highest BCUT2D eigenvalue weighted by Gasteiger charge is 2.32. The van der Waals surface area contributed by atoms with E-state index in [1.165, 1.54) is 6.07 Å². The molecule has 1 saturated heterocycles. The summed E-state index contributed by atoms with van der Waals surface area (Å²) in [4.78, 5) is 28.0. The van der Waals surface area contributed by atoms with Gasteiger partial charge in [0.05, 0.1) is 0 Å². The number of alkyl halides is 3. The van der Waals surface area contributed by atoms with Crippen molar-refractivity contribution >= 4 is 23.5 Å². The van der Waals surface area contributed by atoms with E-state index in [1.54, 1.807) is 0 Å². The molecule has 2 aromatic heterocycles. The van der Waals surface area contributed by atoms with Crippen LogP contribution in [0.1, 0.15) is 44.1 Å². The summed E-state index contributed by atoms with van der Waals surface area (Å²) in [5.74, 6) is 0.527. The minimum absolute atomic E-state index is 0.0375. The summed E-state index contributed by atoms with van der Waals surface area (Å²) in [6, 6.07) is 2.31. The maximum Gasteiger partial charge on any atom is 0.433 e. The monoisotopic (exact) mass is 395 g/mol. The summed E-state index contributed by atoms with van der Waals surface area (Å²) in [5, 5.41) is 8.59. The number of carbonyl (C=O) groups is 1. The van der Waals surface area contributed by atoms with Gasteiger partial charge in [-0.15, -0.1) is 0 Å². The molecular formula is C17H20F3N7O. The number of amides is 1. The lowest BCUT2D eigenvalue weighted by Gasteiger charge is -2.22. The fraction of sp³-hybridized carbons (Fsp3) is 0.471. The van der Waals surface area contributed by atoms with Crippen molar-refractivity contribution in [2.24, 2.45) is 0 Å². The smallest absolute Gasteiger partial charge is 0.356 e. The molecule has 3 rings (SSSR count). The predicted octanol–water partition coefficient (Wildman–Crippen LogP) is 2.84. The number of carbonyl (C=O) groups excluding carboxylic acids is 1. The SMILES string of the molecule is CC(C)Nc1nc(Nc2ccnc(C(F)(F)F)c2)nc(C2CCNC(=O)C2)n1. The van der Waals surface area contributed by atoms with Gasteiger partial charge < -0.3 is 16.0 Å². The number of nitrogens with one attached hydrogen (secondary N) is 3. The van der Waals surface area contributed by atoms with E-state index >= 15 is 0 Å². The zero-order valence-electron chi connectivity index (χ0n) is 15.3. The second-order valence-corrected chi connectivity index (χ2v) is 6.73. The summed E-state index contributed by atoms with van der Waals surface area (Å²) >= 11 is 0. The number of hydrogen-bond donors (Lipinski definition) is 3. The maximum absolute atomic E-state index is 12.9. The largest absolute Gasteiger partial charge is 0.433 e. The third-order valence-electron chi connectivity index (χ3n) is 3.99. The highest BCUT2D eigenvalue weighted by Crippen LogP contribution is 2.30. The first-order valence-corrected chi connectivity index (χ1v) is 8.80. The van der Waals surface area contributed by atoms with E-state index in [0.717, 1.165) is 12.3 Å². The quantitative estimate of drug-likeness (QED) is 0.715. The number of pyridine rings is 1. The van der Waals surface area contributed by atoms with Crippen LogP contribution in [-0.2, 0) is 11.0 Å². The Morgan fingerprint density at radius 3 is 2.64 bits per heavy atom. The average molecular weight is 395 g/mol. The summed E-state index contributed by atoms with van der Waals surface area (Å²) in [5.41, 5.74) is -0.868. The number of halogens is 3. The number of hydrogen-bond acceptors (Lipinski definition) is 7. The van der Waals surface area contributed by atoms with Crippen molar-refractivity contribution in [3.8, 4) is 0 Å². The average Bonchev–Trinajstić information content (AvgIpc) is 2.60. The summed E-state index contributed by atoms with van der Waals surface area (Å²) in [7, 11) is 0. The molecule has 8 nitrogen and oxygen atoms in total. The molecule has 0 saturated carbocycles. The zero-order valence-corrected chi connectivity index (χ0v) is 15.3. The van der Waals surface area contributed by atoms with Crippen molar-refractivity contribution in [3.05, 3.63) is 29.8 Å². The Labute approximate surface area is 159 Å². The zero-order chi connectivity index (χ0) is 20.3. The first-order chi connectivity index (χ1) is 13.2. The lowest BCUT2D eigenvalue weighted by atomic mass is 9.97. The molecule has 1 fully saturated rings. The van der Waals surface area contributed by atoms with Crippen LogP contribution in [0.5, 0.6) is 0 Å². The molecule has 0 aromatic carbocycles. The molecule has 0 spiro atoms. The van der Waals surface area contributed by atoms with Crippen LogP contribution in [0.3, 0.4) is 0 Å². The molecule has 1 unspecified atom stereocenters. The minimum Gasteiger partial charge on any atom is -0.356 e. The van der Waals surface area contributed by atoms with Gasteiger partial charge >= 0.3 is 6.18 Å². The fourth-order valence-electron chi connectivity index (χ4n) is 2.75. The molecule has 1 aliphatic heterocycles. The Kier molecular flexibility index (Phi) is 5.61. The molecule has 1 aliphatic rings. The fourth-order valence-corrected chi connectivity index (χ4v) is 2.75. The van der Waals surface area contributed by atoms with Gasteiger partial charge in [0, 0.05) is 36.8 Å². The molecule has 150 valence electrons. The van der Waals surface area contributed by atoms with E-state index in [1.807, 2.05) is 13.8 Å². The van der Waals surface area contributed by atoms with Gasteiger partial charge in [-0.3, -0.25) is 9.78 Å². The van der Waals surface area contributed by atoms with Crippen LogP contribution in [-0.4, -0.2) is 38.4 Å². The number of rotatable bonds is 5. The van der Waals surface area contributed by atoms with Crippen molar-refractivity contribution in [1.29, 1.82) is 0 Å². The molecule has 0 aliphatic carbocycles. The van der Waals surface area contributed by atoms with E-state index in [-0.39, 0.29) is 35.9 Å². The topological polar surface area (TPSA) is 105 Å². The summed E-state index contributed by atoms with van der Waals surface area (Å²) < 4.78 is 38.6. The van der Waals surface area contributed by atoms with Gasteiger partial charge in [-0.1, -0.05) is 0 Å². The van der Waals surface area contributed by atoms with Crippen molar-refractivity contribution < 1.29 is 18.0 Å². The predicted molar refractivity (Wildman–Crippen MR) is 96.1 cm³/mol. The molecule has 0 radical (unpaired) electrons. The van der Waals surface area contributed by atoms with Crippen LogP contribution in [0.15, 0.2) is 18.3 Å². The Hall–Kier alpha value is -2.98. The van der Waals surface area contributed by atoms with Gasteiger partial charge in [-0.25, -0.2) is 0 Å². The van der Waals surface area contributed by atoms with Gasteiger partial charge in [0.25, 0.3) is 0 Å². The Balaban J connectivity index is 1.91. The molecule has 1 amide bonds. The third kappa shape index (κ3) is 5.05. The van der Waals surface area contributed by atoms with Crippen LogP contribution >= 0.6 is 0 Å². The summed E-state index contributed by atoms with van der Waals surface area (Å²) in [6.07, 6.45) is -2.57. The van der Waals surface area contributed by atoms with Gasteiger partial charge in [-0.05, 0) is 32.4 Å². The van der Waals surface area contributed by atoms with Crippen molar-refractivity contribution in [1.82, 2.24) is 25.3 Å². The highest BCUT2D eigenvalue weighted by molar-refractivity contribution is 5.77. The lowest BCUT2D eigenvalue weighted by Crippen LogP contribution is -2.33. The first kappa shape index (κ1) is 19.8. The Morgan fingerprint density at radius 1 is 1.21 bits per heavy atom. The highest BCUT2D eigenvalue weighted by atomic mass is 19.4. The first-order valence-electron chi connectivity index (χ1n) is 8.80. The standard InChI is InChI=1S/C17H20F3N7O/c1-9(2)23-15-25-14(10-3-5-22-13(28)7-10)26-16(27-15)24-11-4-6-21-12(8-11)17(18,19)20/h4,6,8-10H,3,5,7H2,1-2H3,(H,22,28)(H2,21,23,24,25,26,27). The van der Waals surface area contributed by atoms with Crippen LogP contribution in [0.2, 0.25) is 0 Å². The van der Waals surface area contributed by atoms with Crippen molar-refractivity contribution in [2.45, 2.75) is 44.8 Å². The molecule has 2 aromatic rings. The lowest BCUT2D eigenvalue weighted by molar-refractivity contribution is -0.141. The molecule has 11 heteroatoms. The Bertz CT molecular complexity index is 857. The van der Waals surface area contributed by atoms with Gasteiger partial charge in [0.2, 0.25) is 17.8 Å². The van der Waals surface area contributed by atoms with Gasteiger partial charge in [0.1, 0.15) is 11.5 Å². The number of aromatic nitrogens is 4. The van der Waals surface area contributed by atoms with E-state index < -0.39 is 11.9 Å². The molecule has 0 bridgehead atoms. The minimum atomic E-state index is -4.55. The number of piperidine rings is 1. The number of nitrogens with zero attached hydrogens (tertiary/aromatic N) is 4. The van der Waals surface area contributed by atoms with E-state index in [2.05, 4.69) is 35.9 Å². The maximum atomic E-state index is 12.9. The second-order valence-electron chi connectivity index (χ2n) is 6.73. The van der Waals surface area contributed by atoms with E-state index in [9.17, 15) is 18.0 Å². The van der Waals surface area contributed by atoms with E-state index in [4.69, 9.17) is 0 Å². The normalized spacial score (nSPS) is 17.4. The molecule has 28 heavy (non-hydrogen) atoms. The van der Waals surface area contributed by atoms with Gasteiger partial charge in [-0.2, -0.15) is 28.1 Å². The van der Waals surface area contributed by atoms with E-state index in [0.29, 0.717) is 24.7 Å². The van der Waals surface area contributed by atoms with Gasteiger partial charge in [0.15, 0.2) is 0 Å². The van der Waals surface area contributed by atoms with Crippen LogP contribution in [0.25, 0.3) is 0 Å². The Morgan fingerprint density at radius 2 is 1.96 bits per heavy atom.